The molecule has 0 spiro atoms. The minimum Gasteiger partial charge on any atom is -0.508 e. The molecule has 310 valence electrons. The number of phenolic OH excluding ortho intramolecular Hbond substituents is 1. The Hall–Kier alpha value is -6.36. The Balaban J connectivity index is 0.000000395. The van der Waals surface area contributed by atoms with Gasteiger partial charge >= 0.3 is 0 Å². The Kier molecular flexibility index (Phi) is 12.0. The van der Waals surface area contributed by atoms with Crippen molar-refractivity contribution in [3.05, 3.63) is 171 Å². The quantitative estimate of drug-likeness (QED) is 0.0647. The molecule has 0 atom stereocenters. The van der Waals surface area contributed by atoms with Gasteiger partial charge in [-0.05, 0) is 12.1 Å². The number of rotatable bonds is 6. The molecule has 3 nitrogen and oxygen atoms in total. The van der Waals surface area contributed by atoms with Crippen LogP contribution in [0, 0.1) is 116 Å². The van der Waals surface area contributed by atoms with Gasteiger partial charge in [0.05, 0.1) is 12.4 Å². The van der Waals surface area contributed by atoms with Crippen LogP contribution < -0.4 is 26.4 Å². The fourth-order valence-electron chi connectivity index (χ4n) is 6.19. The molecule has 0 aliphatic rings. The van der Waals surface area contributed by atoms with Crippen molar-refractivity contribution in [1.82, 2.24) is 4.98 Å². The maximum atomic E-state index is 15.4. The second kappa shape index (κ2) is 16.1. The minimum atomic E-state index is -7.22. The van der Waals surface area contributed by atoms with Gasteiger partial charge in [0.25, 0.3) is 0 Å². The van der Waals surface area contributed by atoms with Gasteiger partial charge in [0.1, 0.15) is 58.4 Å². The molecule has 0 saturated carbocycles. The smallest absolute Gasteiger partial charge is 0.200 e. The van der Waals surface area contributed by atoms with E-state index in [9.17, 15) is 57.8 Å². The van der Waals surface area contributed by atoms with Crippen molar-refractivity contribution in [3.8, 4) is 5.75 Å². The summed E-state index contributed by atoms with van der Waals surface area (Å²) in [6.45, 7) is 0.747. The topological polar surface area (TPSA) is 37.0 Å². The summed E-state index contributed by atoms with van der Waals surface area (Å²) < 4.78 is 296. The SMILES string of the molecule is Fc1c(F)c(F)c([B-](c2c(F)c(F)c(F)c(F)c2F)(c2c(F)c(F)c(F)c(F)c2F)c2c(F)c(F)c(F)c(F)c2F)c(F)c1F.Oc1cccc(C[n+]2ccncc2)c1. The predicted octanol–water partition coefficient (Wildman–Crippen LogP) is 6.97. The lowest BCUT2D eigenvalue weighted by atomic mass is 9.12. The van der Waals surface area contributed by atoms with Crippen LogP contribution in [0.4, 0.5) is 87.8 Å². The number of nitrogens with zero attached hydrogens (tertiary/aromatic N) is 2. The van der Waals surface area contributed by atoms with Gasteiger partial charge in [0.2, 0.25) is 0 Å². The van der Waals surface area contributed by atoms with Crippen LogP contribution in [0.3, 0.4) is 0 Å². The van der Waals surface area contributed by atoms with Gasteiger partial charge in [-0.1, -0.05) is 12.1 Å². The Labute approximate surface area is 314 Å². The van der Waals surface area contributed by atoms with E-state index in [0.717, 1.165) is 12.1 Å². The van der Waals surface area contributed by atoms with E-state index in [-0.39, 0.29) is 0 Å². The van der Waals surface area contributed by atoms with Crippen LogP contribution >= 0.6 is 0 Å². The molecule has 1 aromatic heterocycles. The van der Waals surface area contributed by atoms with Crippen LogP contribution in [0.1, 0.15) is 5.56 Å². The number of hydrogen-bond donors (Lipinski definition) is 1. The van der Waals surface area contributed by atoms with Crippen molar-refractivity contribution in [2.45, 2.75) is 6.54 Å². The Morgan fingerprint density at radius 1 is 0.390 bits per heavy atom. The second-order valence-electron chi connectivity index (χ2n) is 11.9. The third-order valence-corrected chi connectivity index (χ3v) is 8.67. The third-order valence-electron chi connectivity index (χ3n) is 8.67. The molecule has 6 rings (SSSR count). The van der Waals surface area contributed by atoms with Gasteiger partial charge in [0, 0.05) is 5.56 Å². The molecular formula is C35H11BF20N2O. The first-order valence-electron chi connectivity index (χ1n) is 15.3. The molecule has 0 bridgehead atoms. The average molecular weight is 866 g/mol. The fourth-order valence-corrected chi connectivity index (χ4v) is 6.19. The Morgan fingerprint density at radius 3 is 0.898 bits per heavy atom. The van der Waals surface area contributed by atoms with Crippen molar-refractivity contribution < 1.29 is 97.5 Å². The summed E-state index contributed by atoms with van der Waals surface area (Å²) in [5.74, 6) is -71.1. The summed E-state index contributed by atoms with van der Waals surface area (Å²) >= 11 is 0. The first-order valence-corrected chi connectivity index (χ1v) is 15.3. The maximum absolute atomic E-state index is 15.4. The van der Waals surface area contributed by atoms with E-state index in [1.165, 1.54) is 0 Å². The van der Waals surface area contributed by atoms with E-state index in [2.05, 4.69) is 4.98 Å². The molecule has 1 N–H and O–H groups in total. The lowest BCUT2D eigenvalue weighted by Crippen LogP contribution is -2.81. The molecule has 0 radical (unpaired) electrons. The van der Waals surface area contributed by atoms with Crippen LogP contribution in [0.15, 0.2) is 49.1 Å². The van der Waals surface area contributed by atoms with Crippen LogP contribution in [0.2, 0.25) is 0 Å². The highest BCUT2D eigenvalue weighted by Gasteiger charge is 2.52. The molecule has 5 aromatic carbocycles. The second-order valence-corrected chi connectivity index (χ2v) is 11.9. The lowest BCUT2D eigenvalue weighted by Gasteiger charge is -2.44. The minimum absolute atomic E-state index is 0.303. The van der Waals surface area contributed by atoms with Crippen LogP contribution in [-0.4, -0.2) is 16.2 Å². The highest BCUT2D eigenvalue weighted by molar-refractivity contribution is 7.20. The number of halogens is 20. The molecule has 24 heteroatoms. The van der Waals surface area contributed by atoms with E-state index >= 15 is 35.1 Å². The third kappa shape index (κ3) is 6.92. The molecule has 0 fully saturated rings. The molecule has 0 amide bonds. The number of aromatic nitrogens is 2. The van der Waals surface area contributed by atoms with Gasteiger partial charge < -0.3 is 5.11 Å². The lowest BCUT2D eigenvalue weighted by molar-refractivity contribution is -0.688. The fraction of sp³-hybridized carbons (Fsp3) is 0.0286. The summed E-state index contributed by atoms with van der Waals surface area (Å²) in [5.41, 5.74) is -13.3. The molecule has 0 aliphatic carbocycles. The van der Waals surface area contributed by atoms with Crippen molar-refractivity contribution >= 4 is 28.0 Å². The average Bonchev–Trinajstić information content (AvgIpc) is 3.21. The highest BCUT2D eigenvalue weighted by Crippen LogP contribution is 2.30. The standard InChI is InChI=1S/C24BF20.C11H10N2O/c26-5-1(6(27)14(35)21(42)13(5)34)25(2-7(28)15(36)22(43)16(37)8(2)29,3-9(30)17(38)23(44)18(39)10(3)31)4-11(32)19(40)24(45)20(41)12(4)33;14-11-3-1-2-10(8-11)9-13-6-4-12-5-7-13/h;1-8H,9H2/q-1;/p+1. The molecule has 1 heterocycles. The molecular weight excluding hydrogens is 855 g/mol. The number of hydrogen-bond acceptors (Lipinski definition) is 2. The van der Waals surface area contributed by atoms with Crippen molar-refractivity contribution in [3.63, 3.8) is 0 Å². The van der Waals surface area contributed by atoms with E-state index in [4.69, 9.17) is 0 Å². The first kappa shape index (κ1) is 43.8. The Morgan fingerprint density at radius 2 is 0.644 bits per heavy atom. The zero-order chi connectivity index (χ0) is 44.2. The van der Waals surface area contributed by atoms with Gasteiger partial charge in [-0.15, -0.1) is 21.9 Å². The molecule has 59 heavy (non-hydrogen) atoms. The van der Waals surface area contributed by atoms with E-state index in [0.29, 0.717) is 5.75 Å². The van der Waals surface area contributed by atoms with Crippen LogP contribution in [0.5, 0.6) is 5.75 Å². The number of phenols is 1. The van der Waals surface area contributed by atoms with Crippen molar-refractivity contribution in [1.29, 1.82) is 0 Å². The molecule has 6 aromatic rings. The van der Waals surface area contributed by atoms with Gasteiger partial charge in [-0.25, -0.2) is 87.8 Å². The van der Waals surface area contributed by atoms with Crippen molar-refractivity contribution in [2.75, 3.05) is 0 Å². The molecule has 0 aliphatic heterocycles. The van der Waals surface area contributed by atoms with Gasteiger partial charge in [-0.2, -0.15) is 4.57 Å². The first-order chi connectivity index (χ1) is 27.5. The summed E-state index contributed by atoms with van der Waals surface area (Å²) in [7, 11) is 0. The summed E-state index contributed by atoms with van der Waals surface area (Å²) in [6, 6.07) is 7.24. The maximum Gasteiger partial charge on any atom is 0.200 e. The molecule has 0 saturated heterocycles. The highest BCUT2D eigenvalue weighted by atomic mass is 19.2. The van der Waals surface area contributed by atoms with E-state index < -0.39 is 144 Å². The summed E-state index contributed by atoms with van der Waals surface area (Å²) in [6.07, 6.45) is 0.0465. The predicted molar refractivity (Wildman–Crippen MR) is 161 cm³/mol. The van der Waals surface area contributed by atoms with E-state index in [1.54, 1.807) is 24.5 Å². The number of aromatic hydroxyl groups is 1. The van der Waals surface area contributed by atoms with Gasteiger partial charge in [0.15, 0.2) is 88.7 Å². The normalized spacial score (nSPS) is 11.5. The van der Waals surface area contributed by atoms with Gasteiger partial charge in [-0.3, -0.25) is 4.98 Å². The zero-order valence-corrected chi connectivity index (χ0v) is 27.8. The zero-order valence-electron chi connectivity index (χ0n) is 27.8. The van der Waals surface area contributed by atoms with Crippen LogP contribution in [-0.2, 0) is 6.54 Å². The summed E-state index contributed by atoms with van der Waals surface area (Å²) in [4.78, 5) is 3.93. The molecule has 0 unspecified atom stereocenters. The van der Waals surface area contributed by atoms with Crippen LogP contribution in [0.25, 0.3) is 0 Å². The largest absolute Gasteiger partial charge is 0.508 e. The summed E-state index contributed by atoms with van der Waals surface area (Å²) in [5, 5.41) is 9.27. The monoisotopic (exact) mass is 866 g/mol. The van der Waals surface area contributed by atoms with Crippen molar-refractivity contribution in [2.24, 2.45) is 0 Å². The Bertz CT molecular complexity index is 2280. The van der Waals surface area contributed by atoms with E-state index in [1.807, 2.05) is 29.1 Å². The number of benzene rings is 5.